The number of hydrogen-bond donors (Lipinski definition) is 1. The van der Waals surface area contributed by atoms with Crippen LogP contribution >= 0.6 is 0 Å². The minimum Gasteiger partial charge on any atom is -0.340 e. The Morgan fingerprint density at radius 1 is 1.20 bits per heavy atom. The number of nitrogens with zero attached hydrogens (tertiary/aromatic N) is 3. The van der Waals surface area contributed by atoms with Crippen LogP contribution in [0.2, 0.25) is 0 Å². The Bertz CT molecular complexity index is 341. The third kappa shape index (κ3) is 1.56. The van der Waals surface area contributed by atoms with Gasteiger partial charge in [-0.1, -0.05) is 0 Å². The van der Waals surface area contributed by atoms with E-state index in [1.165, 1.54) is 12.4 Å². The highest BCUT2D eigenvalue weighted by Gasteiger charge is 2.36. The maximum absolute atomic E-state index is 12.7. The molecule has 2 atom stereocenters. The quantitative estimate of drug-likeness (QED) is 0.719. The largest absolute Gasteiger partial charge is 0.340 e. The molecule has 3 rings (SSSR count). The van der Waals surface area contributed by atoms with Crippen molar-refractivity contribution in [1.29, 1.82) is 0 Å². The number of halogens is 1. The van der Waals surface area contributed by atoms with E-state index in [-0.39, 0.29) is 5.82 Å². The summed E-state index contributed by atoms with van der Waals surface area (Å²) in [6.07, 6.45) is 2.46. The Balaban J connectivity index is 1.76. The van der Waals surface area contributed by atoms with E-state index in [9.17, 15) is 4.39 Å². The van der Waals surface area contributed by atoms with Gasteiger partial charge in [0.2, 0.25) is 5.95 Å². The predicted molar refractivity (Wildman–Crippen MR) is 54.1 cm³/mol. The molecule has 1 N–H and O–H groups in total. The number of rotatable bonds is 1. The van der Waals surface area contributed by atoms with Crippen molar-refractivity contribution < 1.29 is 4.39 Å². The van der Waals surface area contributed by atoms with Gasteiger partial charge in [0, 0.05) is 26.2 Å². The number of hydrogen-bond acceptors (Lipinski definition) is 4. The van der Waals surface area contributed by atoms with Crippen LogP contribution in [-0.4, -0.2) is 36.1 Å². The highest BCUT2D eigenvalue weighted by atomic mass is 19.1. The van der Waals surface area contributed by atoms with Gasteiger partial charge >= 0.3 is 0 Å². The molecule has 0 spiro atoms. The van der Waals surface area contributed by atoms with Crippen LogP contribution in [-0.2, 0) is 0 Å². The first-order chi connectivity index (χ1) is 7.33. The van der Waals surface area contributed by atoms with Gasteiger partial charge in [-0.25, -0.2) is 14.4 Å². The van der Waals surface area contributed by atoms with Crippen LogP contribution in [0.5, 0.6) is 0 Å². The second kappa shape index (κ2) is 3.41. The van der Waals surface area contributed by atoms with Crippen molar-refractivity contribution in [3.63, 3.8) is 0 Å². The Labute approximate surface area is 87.5 Å². The number of anilines is 1. The molecular weight excluding hydrogens is 195 g/mol. The minimum absolute atomic E-state index is 0.375. The third-order valence-electron chi connectivity index (χ3n) is 3.28. The van der Waals surface area contributed by atoms with E-state index in [1.807, 2.05) is 0 Å². The van der Waals surface area contributed by atoms with Crippen molar-refractivity contribution in [2.24, 2.45) is 11.8 Å². The fraction of sp³-hybridized carbons (Fsp3) is 0.600. The van der Waals surface area contributed by atoms with Gasteiger partial charge in [-0.05, 0) is 11.8 Å². The molecule has 15 heavy (non-hydrogen) atoms. The molecule has 1 aromatic heterocycles. The monoisotopic (exact) mass is 208 g/mol. The van der Waals surface area contributed by atoms with Crippen molar-refractivity contribution >= 4 is 5.95 Å². The fourth-order valence-corrected chi connectivity index (χ4v) is 2.49. The molecule has 3 heterocycles. The predicted octanol–water partition coefficient (Wildman–Crippen LogP) is 0.271. The molecule has 0 radical (unpaired) electrons. The number of fused-ring (bicyclic) bond motifs is 1. The van der Waals surface area contributed by atoms with Crippen LogP contribution in [0.15, 0.2) is 12.4 Å². The van der Waals surface area contributed by atoms with Crippen molar-refractivity contribution in [3.05, 3.63) is 18.2 Å². The molecule has 2 aliphatic heterocycles. The lowest BCUT2D eigenvalue weighted by molar-refractivity contribution is 0.533. The van der Waals surface area contributed by atoms with Gasteiger partial charge in [-0.15, -0.1) is 0 Å². The zero-order valence-corrected chi connectivity index (χ0v) is 8.36. The average Bonchev–Trinajstić information content (AvgIpc) is 2.78. The average molecular weight is 208 g/mol. The van der Waals surface area contributed by atoms with Crippen LogP contribution in [0.1, 0.15) is 0 Å². The van der Waals surface area contributed by atoms with Crippen LogP contribution in [0.3, 0.4) is 0 Å². The van der Waals surface area contributed by atoms with Gasteiger partial charge in [0.05, 0.1) is 12.4 Å². The van der Waals surface area contributed by atoms with E-state index in [0.29, 0.717) is 17.8 Å². The smallest absolute Gasteiger partial charge is 0.225 e. The van der Waals surface area contributed by atoms with Gasteiger partial charge < -0.3 is 10.2 Å². The lowest BCUT2D eigenvalue weighted by Gasteiger charge is -2.16. The summed E-state index contributed by atoms with van der Waals surface area (Å²) in [4.78, 5) is 10.2. The summed E-state index contributed by atoms with van der Waals surface area (Å²) < 4.78 is 12.7. The molecule has 5 heteroatoms. The Kier molecular flexibility index (Phi) is 2.05. The second-order valence-corrected chi connectivity index (χ2v) is 4.28. The van der Waals surface area contributed by atoms with Crippen molar-refractivity contribution in [2.75, 3.05) is 31.1 Å². The molecule has 0 amide bonds. The molecule has 80 valence electrons. The Morgan fingerprint density at radius 3 is 2.40 bits per heavy atom. The lowest BCUT2D eigenvalue weighted by atomic mass is 10.0. The number of nitrogens with one attached hydrogen (secondary N) is 1. The van der Waals surface area contributed by atoms with E-state index in [4.69, 9.17) is 0 Å². The van der Waals surface area contributed by atoms with E-state index in [0.717, 1.165) is 26.2 Å². The normalized spacial score (nSPS) is 29.5. The Morgan fingerprint density at radius 2 is 1.80 bits per heavy atom. The van der Waals surface area contributed by atoms with Gasteiger partial charge in [0.15, 0.2) is 5.82 Å². The molecule has 1 aromatic rings. The molecule has 0 aliphatic carbocycles. The molecule has 2 aliphatic rings. The number of aromatic nitrogens is 2. The molecule has 0 unspecified atom stereocenters. The molecule has 0 bridgehead atoms. The summed E-state index contributed by atoms with van der Waals surface area (Å²) in [7, 11) is 0. The highest BCUT2D eigenvalue weighted by molar-refractivity contribution is 5.31. The van der Waals surface area contributed by atoms with E-state index in [1.54, 1.807) is 0 Å². The molecule has 0 saturated carbocycles. The SMILES string of the molecule is Fc1cnc(N2C[C@H]3CNC[C@H]3C2)nc1. The standard InChI is InChI=1S/C10H13FN4/c11-9-3-13-10(14-4-9)15-5-7-1-12-2-8(7)6-15/h3-4,7-8,12H,1-2,5-6H2/t7-,8+. The summed E-state index contributed by atoms with van der Waals surface area (Å²) in [5.74, 6) is 1.70. The second-order valence-electron chi connectivity index (χ2n) is 4.28. The fourth-order valence-electron chi connectivity index (χ4n) is 2.49. The van der Waals surface area contributed by atoms with Gasteiger partial charge in [0.1, 0.15) is 0 Å². The van der Waals surface area contributed by atoms with E-state index < -0.39 is 0 Å². The molecular formula is C10H13FN4. The van der Waals surface area contributed by atoms with Gasteiger partial charge in [0.25, 0.3) is 0 Å². The van der Waals surface area contributed by atoms with Crippen molar-refractivity contribution in [2.45, 2.75) is 0 Å². The summed E-state index contributed by atoms with van der Waals surface area (Å²) in [5, 5.41) is 3.38. The zero-order chi connectivity index (χ0) is 10.3. The molecule has 2 saturated heterocycles. The van der Waals surface area contributed by atoms with Gasteiger partial charge in [-0.3, -0.25) is 0 Å². The summed E-state index contributed by atoms with van der Waals surface area (Å²) in [5.41, 5.74) is 0. The van der Waals surface area contributed by atoms with Crippen LogP contribution in [0.4, 0.5) is 10.3 Å². The summed E-state index contributed by atoms with van der Waals surface area (Å²) in [6.45, 7) is 4.15. The maximum atomic E-state index is 12.7. The molecule has 0 aromatic carbocycles. The van der Waals surface area contributed by atoms with Crippen molar-refractivity contribution in [1.82, 2.24) is 15.3 Å². The van der Waals surface area contributed by atoms with Crippen LogP contribution < -0.4 is 10.2 Å². The Hall–Kier alpha value is -1.23. The lowest BCUT2D eigenvalue weighted by Crippen LogP contribution is -2.26. The first-order valence-electron chi connectivity index (χ1n) is 5.26. The van der Waals surface area contributed by atoms with Crippen LogP contribution in [0, 0.1) is 17.7 Å². The highest BCUT2D eigenvalue weighted by Crippen LogP contribution is 2.28. The topological polar surface area (TPSA) is 41.1 Å². The van der Waals surface area contributed by atoms with E-state index >= 15 is 0 Å². The van der Waals surface area contributed by atoms with Crippen molar-refractivity contribution in [3.8, 4) is 0 Å². The third-order valence-corrected chi connectivity index (χ3v) is 3.28. The zero-order valence-electron chi connectivity index (χ0n) is 8.36. The minimum atomic E-state index is -0.375. The maximum Gasteiger partial charge on any atom is 0.225 e. The van der Waals surface area contributed by atoms with E-state index in [2.05, 4.69) is 20.2 Å². The van der Waals surface area contributed by atoms with Crippen LogP contribution in [0.25, 0.3) is 0 Å². The summed E-state index contributed by atoms with van der Waals surface area (Å²) in [6, 6.07) is 0. The molecule has 4 nitrogen and oxygen atoms in total. The first kappa shape index (κ1) is 9.03. The summed E-state index contributed by atoms with van der Waals surface area (Å²) >= 11 is 0. The van der Waals surface area contributed by atoms with Gasteiger partial charge in [-0.2, -0.15) is 0 Å². The molecule has 2 fully saturated rings. The first-order valence-corrected chi connectivity index (χ1v) is 5.26.